The predicted molar refractivity (Wildman–Crippen MR) is 195 cm³/mol. The normalized spacial score (nSPS) is 15.8. The fourth-order valence-electron chi connectivity index (χ4n) is 5.36. The maximum atomic E-state index is 13.4. The van der Waals surface area contributed by atoms with Crippen LogP contribution in [0.25, 0.3) is 0 Å². The summed E-state index contributed by atoms with van der Waals surface area (Å²) in [4.78, 5) is 6.75. The van der Waals surface area contributed by atoms with E-state index in [0.717, 1.165) is 19.3 Å². The largest absolute Gasteiger partial charge is 0.416 e. The number of benzene rings is 2. The van der Waals surface area contributed by atoms with Gasteiger partial charge in [0, 0.05) is 37.1 Å². The van der Waals surface area contributed by atoms with Crippen LogP contribution in [0.1, 0.15) is 69.2 Å². The molecule has 1 fully saturated rings. The van der Waals surface area contributed by atoms with Gasteiger partial charge in [0.2, 0.25) is 0 Å². The van der Waals surface area contributed by atoms with Crippen molar-refractivity contribution in [3.8, 4) is 0 Å². The number of likely N-dealkylation sites (tertiary alicyclic amines) is 1. The highest BCUT2D eigenvalue weighted by atomic mass is 32.1. The summed E-state index contributed by atoms with van der Waals surface area (Å²) < 4.78 is 160. The maximum absolute atomic E-state index is 13.4. The highest BCUT2D eigenvalue weighted by Gasteiger charge is 2.38. The van der Waals surface area contributed by atoms with E-state index >= 15 is 0 Å². The molecule has 21 heteroatoms. The van der Waals surface area contributed by atoms with Gasteiger partial charge >= 0.3 is 24.7 Å². The van der Waals surface area contributed by atoms with E-state index < -0.39 is 70.4 Å². The molecule has 2 atom stereocenters. The molecule has 1 aliphatic rings. The topological polar surface area (TPSA) is 75.8 Å². The van der Waals surface area contributed by atoms with Crippen LogP contribution in [0.5, 0.6) is 0 Å². The summed E-state index contributed by atoms with van der Waals surface area (Å²) in [6, 6.07) is 1.05. The molecular weight excluding hydrogens is 799 g/mol. The zero-order valence-corrected chi connectivity index (χ0v) is 31.6. The van der Waals surface area contributed by atoms with E-state index in [4.69, 9.17) is 29.4 Å². The van der Waals surface area contributed by atoms with Crippen LogP contribution < -0.4 is 26.6 Å². The molecule has 0 radical (unpaired) electrons. The van der Waals surface area contributed by atoms with E-state index in [0.29, 0.717) is 43.3 Å². The van der Waals surface area contributed by atoms with Crippen molar-refractivity contribution < 1.29 is 52.7 Å². The molecular formula is C34H41F12N7S2. The van der Waals surface area contributed by atoms with Crippen molar-refractivity contribution in [2.24, 2.45) is 16.8 Å². The second-order valence-corrected chi connectivity index (χ2v) is 14.4. The molecule has 1 aliphatic heterocycles. The number of guanidine groups is 1. The second kappa shape index (κ2) is 18.5. The standard InChI is InChI=1S/C34H41F12N7S2/c1-18(2)26(51-29(54)49-24-12-20(31(35,36)37)10-21(13-24)32(38,39)40)16-47-28(53-8-6-5-7-9-53)48-17-27(19(3)4)52-30(55)50-25-14-22(33(41,42)43)11-23(15-25)34(44,45)46/h10-15,18-19,26-27H,5-9,16-17H2,1-4H3,(H,47,48)(H2,49,51,54)(H2,50,52,55)/t26-,27-/m0/s1. The molecule has 0 saturated carbocycles. The fraction of sp³-hybridized carbons (Fsp3) is 0.559. The Morgan fingerprint density at radius 3 is 1.31 bits per heavy atom. The summed E-state index contributed by atoms with van der Waals surface area (Å²) in [6.45, 7) is 8.75. The third-order valence-electron chi connectivity index (χ3n) is 8.51. The number of alkyl halides is 12. The molecule has 2 aromatic carbocycles. The summed E-state index contributed by atoms with van der Waals surface area (Å²) in [5.74, 6) is 0.114. The summed E-state index contributed by atoms with van der Waals surface area (Å²) in [5.41, 5.74) is -7.06. The molecule has 3 rings (SSSR count). The van der Waals surface area contributed by atoms with Gasteiger partial charge in [0.1, 0.15) is 0 Å². The van der Waals surface area contributed by atoms with Crippen molar-refractivity contribution in [3.05, 3.63) is 58.7 Å². The van der Waals surface area contributed by atoms with Crippen LogP contribution in [0.15, 0.2) is 41.4 Å². The van der Waals surface area contributed by atoms with Crippen molar-refractivity contribution in [1.29, 1.82) is 0 Å². The molecule has 0 amide bonds. The number of piperidine rings is 1. The Hall–Kier alpha value is -3.75. The highest BCUT2D eigenvalue weighted by molar-refractivity contribution is 7.80. The molecule has 0 unspecified atom stereocenters. The summed E-state index contributed by atoms with van der Waals surface area (Å²) >= 11 is 10.5. The number of rotatable bonds is 10. The first-order valence-electron chi connectivity index (χ1n) is 17.0. The summed E-state index contributed by atoms with van der Waals surface area (Å²) in [7, 11) is 0. The Balaban J connectivity index is 1.77. The van der Waals surface area contributed by atoms with Crippen LogP contribution in [0, 0.1) is 11.8 Å². The lowest BCUT2D eigenvalue weighted by Gasteiger charge is -2.33. The predicted octanol–water partition coefficient (Wildman–Crippen LogP) is 9.52. The van der Waals surface area contributed by atoms with Gasteiger partial charge in [-0.15, -0.1) is 0 Å². The lowest BCUT2D eigenvalue weighted by Crippen LogP contribution is -2.52. The molecule has 2 aromatic rings. The lowest BCUT2D eigenvalue weighted by molar-refractivity contribution is -0.144. The Bertz CT molecular complexity index is 1580. The third-order valence-corrected chi connectivity index (χ3v) is 8.95. The SMILES string of the molecule is CC(C)[C@H](CN=C(NC[C@H](NC(=S)Nc1cc(C(F)(F)F)cc(C(F)(F)F)c1)C(C)C)N1CCCCC1)NC(=S)Nc1cc(C(F)(F)F)cc(C(F)(F)F)c1. The first-order chi connectivity index (χ1) is 25.2. The molecule has 1 saturated heterocycles. The van der Waals surface area contributed by atoms with Crippen LogP contribution in [0.3, 0.4) is 0 Å². The van der Waals surface area contributed by atoms with Gasteiger partial charge in [0.15, 0.2) is 16.2 Å². The van der Waals surface area contributed by atoms with E-state index in [1.54, 1.807) is 0 Å². The van der Waals surface area contributed by atoms with E-state index in [1.807, 2.05) is 32.6 Å². The first-order valence-corrected chi connectivity index (χ1v) is 17.8. The van der Waals surface area contributed by atoms with Crippen LogP contribution in [0.2, 0.25) is 0 Å². The van der Waals surface area contributed by atoms with E-state index in [9.17, 15) is 52.7 Å². The smallest absolute Gasteiger partial charge is 0.358 e. The molecule has 308 valence electrons. The van der Waals surface area contributed by atoms with Crippen LogP contribution in [-0.2, 0) is 24.7 Å². The number of nitrogens with one attached hydrogen (secondary N) is 5. The van der Waals surface area contributed by atoms with E-state index in [-0.39, 0.29) is 47.3 Å². The molecule has 0 aliphatic carbocycles. The second-order valence-electron chi connectivity index (χ2n) is 13.6. The van der Waals surface area contributed by atoms with Gasteiger partial charge in [-0.25, -0.2) is 0 Å². The zero-order valence-electron chi connectivity index (χ0n) is 30.0. The van der Waals surface area contributed by atoms with Crippen LogP contribution >= 0.6 is 24.4 Å². The van der Waals surface area contributed by atoms with Crippen molar-refractivity contribution in [2.75, 3.05) is 36.8 Å². The minimum atomic E-state index is -5.05. The highest BCUT2D eigenvalue weighted by Crippen LogP contribution is 2.39. The van der Waals surface area contributed by atoms with Crippen LogP contribution in [0.4, 0.5) is 64.1 Å². The number of hydrogen-bond acceptors (Lipinski definition) is 3. The van der Waals surface area contributed by atoms with E-state index in [2.05, 4.69) is 26.6 Å². The van der Waals surface area contributed by atoms with Gasteiger partial charge in [-0.2, -0.15) is 52.7 Å². The number of thiocarbonyl (C=S) groups is 2. The van der Waals surface area contributed by atoms with Gasteiger partial charge in [0.05, 0.1) is 34.8 Å². The molecule has 0 spiro atoms. The van der Waals surface area contributed by atoms with Gasteiger partial charge in [-0.05, 0) is 91.9 Å². The fourth-order valence-corrected chi connectivity index (χ4v) is 5.90. The van der Waals surface area contributed by atoms with Gasteiger partial charge < -0.3 is 31.5 Å². The average Bonchev–Trinajstić information content (AvgIpc) is 3.05. The molecule has 7 nitrogen and oxygen atoms in total. The van der Waals surface area contributed by atoms with Crippen molar-refractivity contribution in [2.45, 2.75) is 83.7 Å². The zero-order chi connectivity index (χ0) is 41.5. The Morgan fingerprint density at radius 1 is 0.600 bits per heavy atom. The van der Waals surface area contributed by atoms with Gasteiger partial charge in [0.25, 0.3) is 0 Å². The average molecular weight is 840 g/mol. The summed E-state index contributed by atoms with van der Waals surface area (Å²) in [6.07, 6.45) is -17.5. The molecule has 1 heterocycles. The first kappa shape index (κ1) is 45.6. The number of hydrogen-bond donors (Lipinski definition) is 5. The molecule has 5 N–H and O–H groups in total. The monoisotopic (exact) mass is 839 g/mol. The Kier molecular flexibility index (Phi) is 15.3. The van der Waals surface area contributed by atoms with Gasteiger partial charge in [-0.1, -0.05) is 27.7 Å². The minimum Gasteiger partial charge on any atom is -0.358 e. The number of nitrogens with zero attached hydrogens (tertiary/aromatic N) is 2. The maximum Gasteiger partial charge on any atom is 0.416 e. The minimum absolute atomic E-state index is 0.00917. The number of halogens is 12. The quantitative estimate of drug-likeness (QED) is 0.0702. The lowest BCUT2D eigenvalue weighted by atomic mass is 10.0. The molecule has 55 heavy (non-hydrogen) atoms. The molecule has 0 aromatic heterocycles. The van der Waals surface area contributed by atoms with Gasteiger partial charge in [-0.3, -0.25) is 4.99 Å². The Labute approximate surface area is 321 Å². The van der Waals surface area contributed by atoms with Crippen LogP contribution in [-0.4, -0.2) is 59.3 Å². The van der Waals surface area contributed by atoms with E-state index in [1.165, 1.54) is 0 Å². The Morgan fingerprint density at radius 2 is 0.964 bits per heavy atom. The third kappa shape index (κ3) is 14.4. The van der Waals surface area contributed by atoms with Crippen molar-refractivity contribution in [3.63, 3.8) is 0 Å². The molecule has 0 bridgehead atoms. The number of anilines is 2. The van der Waals surface area contributed by atoms with Crippen molar-refractivity contribution in [1.82, 2.24) is 20.9 Å². The number of aliphatic imine (C=N–C) groups is 1. The summed E-state index contributed by atoms with van der Waals surface area (Å²) in [5, 5.41) is 13.5. The van der Waals surface area contributed by atoms with Crippen molar-refractivity contribution >= 4 is 52.0 Å².